The van der Waals surface area contributed by atoms with Crippen LogP contribution in [-0.2, 0) is 6.54 Å². The second-order valence-corrected chi connectivity index (χ2v) is 7.52. The van der Waals surface area contributed by atoms with Crippen LogP contribution in [0.25, 0.3) is 27.5 Å². The van der Waals surface area contributed by atoms with Gasteiger partial charge in [0.25, 0.3) is 11.5 Å². The summed E-state index contributed by atoms with van der Waals surface area (Å²) >= 11 is 0. The van der Waals surface area contributed by atoms with Gasteiger partial charge < -0.3 is 14.6 Å². The van der Waals surface area contributed by atoms with Crippen LogP contribution in [-0.4, -0.2) is 38.7 Å². The first-order valence-corrected chi connectivity index (χ1v) is 10.5. The van der Waals surface area contributed by atoms with Crippen molar-refractivity contribution in [3.8, 4) is 17.0 Å². The Bertz CT molecular complexity index is 1530. The fourth-order valence-corrected chi connectivity index (χ4v) is 3.80. The Morgan fingerprint density at radius 2 is 1.94 bits per heavy atom. The molecule has 0 bridgehead atoms. The molecule has 2 aromatic carbocycles. The third-order valence-corrected chi connectivity index (χ3v) is 5.50. The third kappa shape index (κ3) is 3.94. The Balaban J connectivity index is 1.33. The molecular formula is C25H21N5O3. The van der Waals surface area contributed by atoms with Crippen LogP contribution in [0, 0.1) is 0 Å². The van der Waals surface area contributed by atoms with Crippen molar-refractivity contribution in [3.63, 3.8) is 0 Å². The fraction of sp³-hybridized carbons (Fsp3) is 0.120. The molecule has 0 fully saturated rings. The second-order valence-electron chi connectivity index (χ2n) is 7.52. The van der Waals surface area contributed by atoms with E-state index in [1.54, 1.807) is 40.8 Å². The van der Waals surface area contributed by atoms with E-state index in [9.17, 15) is 9.59 Å². The highest BCUT2D eigenvalue weighted by Crippen LogP contribution is 2.23. The Labute approximate surface area is 189 Å². The lowest BCUT2D eigenvalue weighted by Crippen LogP contribution is -2.31. The summed E-state index contributed by atoms with van der Waals surface area (Å²) in [5, 5.41) is 9.11. The lowest BCUT2D eigenvalue weighted by atomic mass is 10.1. The van der Waals surface area contributed by atoms with E-state index in [-0.39, 0.29) is 18.0 Å². The number of pyridine rings is 1. The van der Waals surface area contributed by atoms with E-state index >= 15 is 0 Å². The van der Waals surface area contributed by atoms with Crippen LogP contribution in [0.15, 0.2) is 84.0 Å². The van der Waals surface area contributed by atoms with E-state index in [1.165, 1.54) is 0 Å². The maximum Gasteiger partial charge on any atom is 0.276 e. The number of ether oxygens (including phenoxy) is 1. The molecule has 0 aliphatic carbocycles. The van der Waals surface area contributed by atoms with Crippen LogP contribution in [0.2, 0.25) is 0 Å². The van der Waals surface area contributed by atoms with Crippen molar-refractivity contribution in [1.82, 2.24) is 24.5 Å². The molecule has 164 valence electrons. The van der Waals surface area contributed by atoms with Crippen molar-refractivity contribution in [3.05, 3.63) is 95.3 Å². The first-order valence-electron chi connectivity index (χ1n) is 10.5. The zero-order chi connectivity index (χ0) is 22.8. The molecule has 0 aliphatic rings. The molecular weight excluding hydrogens is 418 g/mol. The smallest absolute Gasteiger partial charge is 0.276 e. The third-order valence-electron chi connectivity index (χ3n) is 5.50. The Kier molecular flexibility index (Phi) is 5.32. The zero-order valence-electron chi connectivity index (χ0n) is 17.9. The Hall–Kier alpha value is -4.46. The molecule has 33 heavy (non-hydrogen) atoms. The highest BCUT2D eigenvalue weighted by Gasteiger charge is 2.12. The molecule has 0 unspecified atom stereocenters. The minimum absolute atomic E-state index is 0.184. The van der Waals surface area contributed by atoms with Gasteiger partial charge in [0.2, 0.25) is 0 Å². The van der Waals surface area contributed by atoms with Gasteiger partial charge in [0.15, 0.2) is 0 Å². The predicted molar refractivity (Wildman–Crippen MR) is 126 cm³/mol. The van der Waals surface area contributed by atoms with Crippen molar-refractivity contribution in [1.29, 1.82) is 0 Å². The topological polar surface area (TPSA) is 90.5 Å². The number of carbonyl (C=O) groups excluding carboxylic acids is 1. The highest BCUT2D eigenvalue weighted by molar-refractivity contribution is 6.05. The maximum absolute atomic E-state index is 13.0. The largest absolute Gasteiger partial charge is 0.497 e. The number of rotatable bonds is 6. The summed E-state index contributed by atoms with van der Waals surface area (Å²) in [6.07, 6.45) is 5.02. The van der Waals surface area contributed by atoms with Crippen LogP contribution >= 0.6 is 0 Å². The second kappa shape index (κ2) is 8.58. The van der Waals surface area contributed by atoms with Crippen molar-refractivity contribution >= 4 is 22.2 Å². The van der Waals surface area contributed by atoms with Crippen LogP contribution in [0.4, 0.5) is 0 Å². The lowest BCUT2D eigenvalue weighted by molar-refractivity contribution is 0.0949. The van der Waals surface area contributed by atoms with Gasteiger partial charge in [0.05, 0.1) is 12.8 Å². The number of methoxy groups -OCH3 is 1. The van der Waals surface area contributed by atoms with Crippen molar-refractivity contribution in [2.75, 3.05) is 13.7 Å². The van der Waals surface area contributed by atoms with Crippen LogP contribution < -0.4 is 15.6 Å². The zero-order valence-corrected chi connectivity index (χ0v) is 17.9. The number of aromatic nitrogens is 4. The molecule has 3 heterocycles. The summed E-state index contributed by atoms with van der Waals surface area (Å²) in [5.41, 5.74) is 2.18. The number of amides is 1. The minimum Gasteiger partial charge on any atom is -0.497 e. The van der Waals surface area contributed by atoms with Gasteiger partial charge in [-0.2, -0.15) is 5.10 Å². The van der Waals surface area contributed by atoms with Gasteiger partial charge in [-0.15, -0.1) is 0 Å². The van der Waals surface area contributed by atoms with Crippen molar-refractivity contribution < 1.29 is 9.53 Å². The van der Waals surface area contributed by atoms with E-state index < -0.39 is 0 Å². The van der Waals surface area contributed by atoms with Crippen LogP contribution in [0.5, 0.6) is 5.75 Å². The number of hydrogen-bond acceptors (Lipinski definition) is 5. The Morgan fingerprint density at radius 3 is 2.82 bits per heavy atom. The van der Waals surface area contributed by atoms with Gasteiger partial charge in [0.1, 0.15) is 17.0 Å². The molecule has 1 N–H and O–H groups in total. The number of carbonyl (C=O) groups is 1. The molecule has 5 rings (SSSR count). The minimum atomic E-state index is -0.273. The van der Waals surface area contributed by atoms with Crippen LogP contribution in [0.3, 0.4) is 0 Å². The molecule has 0 spiro atoms. The van der Waals surface area contributed by atoms with Gasteiger partial charge in [-0.1, -0.05) is 36.4 Å². The quantitative estimate of drug-likeness (QED) is 0.439. The number of benzene rings is 2. The summed E-state index contributed by atoms with van der Waals surface area (Å²) < 4.78 is 8.39. The molecule has 0 radical (unpaired) electrons. The number of hydrogen-bond donors (Lipinski definition) is 1. The maximum atomic E-state index is 13.0. The van der Waals surface area contributed by atoms with Crippen molar-refractivity contribution in [2.24, 2.45) is 0 Å². The summed E-state index contributed by atoms with van der Waals surface area (Å²) in [6.45, 7) is 0.613. The summed E-state index contributed by atoms with van der Waals surface area (Å²) in [4.78, 5) is 29.9. The lowest BCUT2D eigenvalue weighted by Gasteiger charge is -2.09. The summed E-state index contributed by atoms with van der Waals surface area (Å²) in [6, 6.07) is 18.8. The molecule has 0 saturated heterocycles. The van der Waals surface area contributed by atoms with Gasteiger partial charge in [-0.3, -0.25) is 14.6 Å². The van der Waals surface area contributed by atoms with E-state index in [0.29, 0.717) is 23.4 Å². The van der Waals surface area contributed by atoms with E-state index in [1.807, 2.05) is 54.6 Å². The van der Waals surface area contributed by atoms with Gasteiger partial charge in [-0.05, 0) is 29.7 Å². The average molecular weight is 439 g/mol. The fourth-order valence-electron chi connectivity index (χ4n) is 3.80. The van der Waals surface area contributed by atoms with Gasteiger partial charge in [0, 0.05) is 42.6 Å². The first kappa shape index (κ1) is 20.4. The normalized spacial score (nSPS) is 11.1. The molecule has 0 atom stereocenters. The van der Waals surface area contributed by atoms with E-state index in [0.717, 1.165) is 22.1 Å². The predicted octanol–water partition coefficient (Wildman–Crippen LogP) is 3.15. The van der Waals surface area contributed by atoms with Gasteiger partial charge >= 0.3 is 0 Å². The summed E-state index contributed by atoms with van der Waals surface area (Å²) in [5.74, 6) is 0.448. The van der Waals surface area contributed by atoms with E-state index in [4.69, 9.17) is 4.74 Å². The van der Waals surface area contributed by atoms with Crippen LogP contribution in [0.1, 0.15) is 10.5 Å². The van der Waals surface area contributed by atoms with E-state index in [2.05, 4.69) is 15.4 Å². The molecule has 3 aromatic heterocycles. The number of nitrogens with one attached hydrogen (secondary N) is 1. The Morgan fingerprint density at radius 1 is 1.06 bits per heavy atom. The highest BCUT2D eigenvalue weighted by atomic mass is 16.5. The monoisotopic (exact) mass is 439 g/mol. The number of nitrogens with zero attached hydrogens (tertiary/aromatic N) is 4. The first-order chi connectivity index (χ1) is 16.1. The molecule has 0 aliphatic heterocycles. The molecule has 8 heteroatoms. The SMILES string of the molecule is COc1cccc(-c2cc3c(=O)n(CCNC(=O)c4nccc5ccccc45)ccn3n2)c1. The number of fused-ring (bicyclic) bond motifs is 2. The molecule has 1 amide bonds. The molecule has 8 nitrogen and oxygen atoms in total. The van der Waals surface area contributed by atoms with Crippen molar-refractivity contribution in [2.45, 2.75) is 6.54 Å². The molecule has 5 aromatic rings. The molecule has 0 saturated carbocycles. The summed E-state index contributed by atoms with van der Waals surface area (Å²) in [7, 11) is 1.61. The van der Waals surface area contributed by atoms with Gasteiger partial charge in [-0.25, -0.2) is 4.52 Å². The standard InChI is InChI=1S/C25H21N5O3/c1-33-19-7-4-6-18(15-19)21-16-22-25(32)29(13-14-30(22)28-21)12-11-27-24(31)23-20-8-3-2-5-17(20)9-10-26-23/h2-10,13-16H,11-12H2,1H3,(H,27,31). The average Bonchev–Trinajstić information content (AvgIpc) is 3.30.